The number of aliphatic hydroxyl groups is 1. The van der Waals surface area contributed by atoms with E-state index in [0.29, 0.717) is 6.54 Å². The molecule has 2 N–H and O–H groups in total. The first-order valence-corrected chi connectivity index (χ1v) is 6.29. The average molecular weight is 253 g/mol. The number of hydrogen-bond acceptors (Lipinski definition) is 4. The summed E-state index contributed by atoms with van der Waals surface area (Å²) < 4.78 is 10.0. The van der Waals surface area contributed by atoms with Crippen LogP contribution < -0.4 is 10.1 Å². The van der Waals surface area contributed by atoms with Crippen LogP contribution in [0, 0.1) is 0 Å². The Morgan fingerprint density at radius 3 is 2.50 bits per heavy atom. The normalized spacial score (nSPS) is 12.4. The first-order chi connectivity index (χ1) is 8.77. The molecule has 1 unspecified atom stereocenters. The Morgan fingerprint density at radius 2 is 1.89 bits per heavy atom. The maximum atomic E-state index is 9.96. The fourth-order valence-corrected chi connectivity index (χ4v) is 1.68. The molecule has 1 aromatic carbocycles. The standard InChI is InChI=1S/C14H23NO3/c1-17-10-4-3-9-15-11-14(16)12-5-7-13(18-2)8-6-12/h5-8,14-16H,3-4,9-11H2,1-2H3. The van der Waals surface area contributed by atoms with Crippen molar-refractivity contribution in [1.29, 1.82) is 0 Å². The molecule has 18 heavy (non-hydrogen) atoms. The molecule has 0 spiro atoms. The second-order valence-electron chi connectivity index (χ2n) is 4.19. The minimum absolute atomic E-state index is 0.474. The number of aliphatic hydroxyl groups excluding tert-OH is 1. The van der Waals surface area contributed by atoms with E-state index in [4.69, 9.17) is 9.47 Å². The predicted octanol–water partition coefficient (Wildman–Crippen LogP) is 1.74. The molecule has 102 valence electrons. The van der Waals surface area contributed by atoms with E-state index >= 15 is 0 Å². The Labute approximate surface area is 109 Å². The summed E-state index contributed by atoms with van der Waals surface area (Å²) in [6.07, 6.45) is 1.63. The summed E-state index contributed by atoms with van der Waals surface area (Å²) in [7, 11) is 3.34. The molecular weight excluding hydrogens is 230 g/mol. The third-order valence-electron chi connectivity index (χ3n) is 2.79. The van der Waals surface area contributed by atoms with Crippen molar-refractivity contribution >= 4 is 0 Å². The van der Waals surface area contributed by atoms with E-state index in [2.05, 4.69) is 5.32 Å². The van der Waals surface area contributed by atoms with Gasteiger partial charge in [0.2, 0.25) is 0 Å². The smallest absolute Gasteiger partial charge is 0.118 e. The monoisotopic (exact) mass is 253 g/mol. The van der Waals surface area contributed by atoms with Gasteiger partial charge in [0, 0.05) is 20.3 Å². The summed E-state index contributed by atoms with van der Waals surface area (Å²) in [4.78, 5) is 0. The van der Waals surface area contributed by atoms with E-state index in [1.165, 1.54) is 0 Å². The molecule has 0 aliphatic carbocycles. The zero-order valence-electron chi connectivity index (χ0n) is 11.2. The van der Waals surface area contributed by atoms with Gasteiger partial charge in [-0.2, -0.15) is 0 Å². The van der Waals surface area contributed by atoms with Gasteiger partial charge in [-0.05, 0) is 37.1 Å². The summed E-state index contributed by atoms with van der Waals surface area (Å²) in [6.45, 7) is 2.26. The van der Waals surface area contributed by atoms with Crippen molar-refractivity contribution in [3.05, 3.63) is 29.8 Å². The Bertz CT molecular complexity index is 313. The summed E-state index contributed by atoms with van der Waals surface area (Å²) in [6, 6.07) is 7.49. The summed E-state index contributed by atoms with van der Waals surface area (Å²) >= 11 is 0. The second kappa shape index (κ2) is 8.91. The molecular formula is C14H23NO3. The van der Waals surface area contributed by atoms with Crippen molar-refractivity contribution in [2.75, 3.05) is 33.9 Å². The number of benzene rings is 1. The zero-order valence-corrected chi connectivity index (χ0v) is 11.2. The van der Waals surface area contributed by atoms with Crippen LogP contribution in [0.25, 0.3) is 0 Å². The van der Waals surface area contributed by atoms with Gasteiger partial charge in [0.25, 0.3) is 0 Å². The van der Waals surface area contributed by atoms with Crippen molar-refractivity contribution in [3.63, 3.8) is 0 Å². The molecule has 0 aromatic heterocycles. The van der Waals surface area contributed by atoms with Gasteiger partial charge < -0.3 is 19.9 Å². The molecule has 1 aromatic rings. The summed E-state index contributed by atoms with van der Waals surface area (Å²) in [5.41, 5.74) is 0.903. The molecule has 0 heterocycles. The summed E-state index contributed by atoms with van der Waals surface area (Å²) in [5, 5.41) is 13.2. The highest BCUT2D eigenvalue weighted by Gasteiger charge is 2.06. The molecule has 0 bridgehead atoms. The van der Waals surface area contributed by atoms with E-state index < -0.39 is 6.10 Å². The number of unbranched alkanes of at least 4 members (excludes halogenated alkanes) is 1. The van der Waals surface area contributed by atoms with Gasteiger partial charge in [-0.3, -0.25) is 0 Å². The molecule has 0 saturated carbocycles. The third-order valence-corrected chi connectivity index (χ3v) is 2.79. The van der Waals surface area contributed by atoms with Gasteiger partial charge in [0.15, 0.2) is 0 Å². The first-order valence-electron chi connectivity index (χ1n) is 6.29. The SMILES string of the molecule is COCCCCNCC(O)c1ccc(OC)cc1. The zero-order chi connectivity index (χ0) is 13.2. The quantitative estimate of drug-likeness (QED) is 0.658. The van der Waals surface area contributed by atoms with Crippen molar-refractivity contribution in [2.24, 2.45) is 0 Å². The Balaban J connectivity index is 2.21. The highest BCUT2D eigenvalue weighted by atomic mass is 16.5. The predicted molar refractivity (Wildman–Crippen MR) is 71.9 cm³/mol. The van der Waals surface area contributed by atoms with Crippen LogP contribution in [0.15, 0.2) is 24.3 Å². The van der Waals surface area contributed by atoms with Crippen LogP contribution in [-0.2, 0) is 4.74 Å². The molecule has 0 saturated heterocycles. The largest absolute Gasteiger partial charge is 0.497 e. The molecule has 4 heteroatoms. The molecule has 0 aliphatic heterocycles. The van der Waals surface area contributed by atoms with Crippen LogP contribution in [0.4, 0.5) is 0 Å². The Morgan fingerprint density at radius 1 is 1.17 bits per heavy atom. The van der Waals surface area contributed by atoms with Crippen molar-refractivity contribution < 1.29 is 14.6 Å². The molecule has 0 radical (unpaired) electrons. The summed E-state index contributed by atoms with van der Waals surface area (Å²) in [5.74, 6) is 0.804. The Kier molecular flexibility index (Phi) is 7.41. The highest BCUT2D eigenvalue weighted by Crippen LogP contribution is 2.16. The van der Waals surface area contributed by atoms with E-state index in [9.17, 15) is 5.11 Å². The van der Waals surface area contributed by atoms with Crippen molar-refractivity contribution in [2.45, 2.75) is 18.9 Å². The Hall–Kier alpha value is -1.10. The van der Waals surface area contributed by atoms with E-state index in [0.717, 1.165) is 37.3 Å². The second-order valence-corrected chi connectivity index (χ2v) is 4.19. The number of nitrogens with one attached hydrogen (secondary N) is 1. The van der Waals surface area contributed by atoms with Crippen molar-refractivity contribution in [1.82, 2.24) is 5.32 Å². The van der Waals surface area contributed by atoms with Gasteiger partial charge in [-0.15, -0.1) is 0 Å². The molecule has 0 aliphatic rings. The third kappa shape index (κ3) is 5.49. The van der Waals surface area contributed by atoms with Gasteiger partial charge in [0.1, 0.15) is 5.75 Å². The molecule has 1 atom stereocenters. The van der Waals surface area contributed by atoms with Gasteiger partial charge in [-0.1, -0.05) is 12.1 Å². The lowest BCUT2D eigenvalue weighted by molar-refractivity contribution is 0.172. The van der Waals surface area contributed by atoms with Crippen molar-refractivity contribution in [3.8, 4) is 5.75 Å². The number of methoxy groups -OCH3 is 2. The number of hydrogen-bond donors (Lipinski definition) is 2. The lowest BCUT2D eigenvalue weighted by Gasteiger charge is -2.12. The lowest BCUT2D eigenvalue weighted by Crippen LogP contribution is -2.22. The fourth-order valence-electron chi connectivity index (χ4n) is 1.68. The maximum Gasteiger partial charge on any atom is 0.118 e. The number of rotatable bonds is 9. The van der Waals surface area contributed by atoms with E-state index in [1.54, 1.807) is 14.2 Å². The minimum Gasteiger partial charge on any atom is -0.497 e. The van der Waals surface area contributed by atoms with Crippen LogP contribution in [0.5, 0.6) is 5.75 Å². The van der Waals surface area contributed by atoms with Gasteiger partial charge >= 0.3 is 0 Å². The molecule has 0 amide bonds. The van der Waals surface area contributed by atoms with Crippen LogP contribution in [0.2, 0.25) is 0 Å². The minimum atomic E-state index is -0.474. The molecule has 4 nitrogen and oxygen atoms in total. The van der Waals surface area contributed by atoms with Gasteiger partial charge in [0.05, 0.1) is 13.2 Å². The van der Waals surface area contributed by atoms with E-state index in [1.807, 2.05) is 24.3 Å². The van der Waals surface area contributed by atoms with E-state index in [-0.39, 0.29) is 0 Å². The maximum absolute atomic E-state index is 9.96. The molecule has 1 rings (SSSR count). The lowest BCUT2D eigenvalue weighted by atomic mass is 10.1. The van der Waals surface area contributed by atoms with Crippen LogP contribution in [0.1, 0.15) is 24.5 Å². The van der Waals surface area contributed by atoms with Crippen LogP contribution in [-0.4, -0.2) is 39.0 Å². The van der Waals surface area contributed by atoms with Crippen LogP contribution >= 0.6 is 0 Å². The van der Waals surface area contributed by atoms with Gasteiger partial charge in [-0.25, -0.2) is 0 Å². The van der Waals surface area contributed by atoms with Crippen LogP contribution in [0.3, 0.4) is 0 Å². The number of ether oxygens (including phenoxy) is 2. The highest BCUT2D eigenvalue weighted by molar-refractivity contribution is 5.28. The molecule has 0 fully saturated rings. The first kappa shape index (κ1) is 15.0. The topological polar surface area (TPSA) is 50.7 Å². The average Bonchev–Trinajstić information content (AvgIpc) is 2.42. The fraction of sp³-hybridized carbons (Fsp3) is 0.571.